The van der Waals surface area contributed by atoms with Crippen molar-refractivity contribution in [2.24, 2.45) is 0 Å². The number of hydrogen-bond donors (Lipinski definition) is 0. The van der Waals surface area contributed by atoms with Crippen LogP contribution >= 0.6 is 0 Å². The van der Waals surface area contributed by atoms with E-state index in [2.05, 4.69) is 4.90 Å². The molecule has 2 rings (SSSR count). The number of benzene rings is 1. The van der Waals surface area contributed by atoms with Crippen LogP contribution in [0.5, 0.6) is 0 Å². The Morgan fingerprint density at radius 3 is 2.44 bits per heavy atom. The molecule has 1 unspecified atom stereocenters. The minimum absolute atomic E-state index is 0.108. The van der Waals surface area contributed by atoms with Crippen LogP contribution in [0.2, 0.25) is 0 Å². The Balaban J connectivity index is 2.14. The Kier molecular flexibility index (Phi) is 4.07. The number of hydrogen-bond acceptors (Lipinski definition) is 3. The van der Waals surface area contributed by atoms with Crippen molar-refractivity contribution >= 4 is 9.84 Å². The highest BCUT2D eigenvalue weighted by atomic mass is 32.2. The van der Waals surface area contributed by atoms with Crippen LogP contribution in [0.15, 0.2) is 29.2 Å². The summed E-state index contributed by atoms with van der Waals surface area (Å²) in [6.45, 7) is 5.93. The molecule has 1 aliphatic rings. The molecule has 0 N–H and O–H groups in total. The van der Waals surface area contributed by atoms with Gasteiger partial charge in [0.25, 0.3) is 0 Å². The first-order chi connectivity index (χ1) is 8.50. The summed E-state index contributed by atoms with van der Waals surface area (Å²) in [4.78, 5) is 2.76. The van der Waals surface area contributed by atoms with E-state index >= 15 is 0 Å². The molecule has 3 nitrogen and oxygen atoms in total. The molecule has 1 atom stereocenters. The molecular weight excluding hydrogens is 246 g/mol. The van der Waals surface area contributed by atoms with Crippen LogP contribution in [0.25, 0.3) is 0 Å². The van der Waals surface area contributed by atoms with Gasteiger partial charge in [-0.3, -0.25) is 4.90 Å². The van der Waals surface area contributed by atoms with Crippen molar-refractivity contribution in [3.8, 4) is 0 Å². The lowest BCUT2D eigenvalue weighted by molar-refractivity contribution is 0.277. The van der Waals surface area contributed by atoms with E-state index < -0.39 is 9.84 Å². The van der Waals surface area contributed by atoms with Gasteiger partial charge in [0.2, 0.25) is 0 Å². The van der Waals surface area contributed by atoms with Crippen molar-refractivity contribution < 1.29 is 8.42 Å². The normalized spacial score (nSPS) is 19.0. The van der Waals surface area contributed by atoms with Gasteiger partial charge in [-0.05, 0) is 51.4 Å². The Morgan fingerprint density at radius 2 is 1.83 bits per heavy atom. The topological polar surface area (TPSA) is 37.4 Å². The second-order valence-corrected chi connectivity index (χ2v) is 7.14. The summed E-state index contributed by atoms with van der Waals surface area (Å²) < 4.78 is 24.8. The van der Waals surface area contributed by atoms with Gasteiger partial charge in [-0.15, -0.1) is 0 Å². The Hall–Kier alpha value is -0.870. The lowest BCUT2D eigenvalue weighted by Crippen LogP contribution is -2.36. The maximum absolute atomic E-state index is 12.4. The third-order valence-corrected chi connectivity index (χ3v) is 5.70. The summed E-state index contributed by atoms with van der Waals surface area (Å²) in [7, 11) is -3.17. The summed E-state index contributed by atoms with van der Waals surface area (Å²) in [6, 6.07) is 7.34. The van der Waals surface area contributed by atoms with E-state index in [1.807, 2.05) is 26.0 Å². The van der Waals surface area contributed by atoms with E-state index in [4.69, 9.17) is 0 Å². The molecule has 0 spiro atoms. The highest BCUT2D eigenvalue weighted by Gasteiger charge is 2.25. The first-order valence-electron chi connectivity index (χ1n) is 6.53. The molecule has 1 aromatic carbocycles. The van der Waals surface area contributed by atoms with Crippen molar-refractivity contribution in [1.29, 1.82) is 0 Å². The fraction of sp³-hybridized carbons (Fsp3) is 0.571. The van der Waals surface area contributed by atoms with Crippen LogP contribution in [0.4, 0.5) is 0 Å². The molecule has 0 radical (unpaired) electrons. The van der Waals surface area contributed by atoms with Crippen LogP contribution in [0.1, 0.15) is 25.3 Å². The summed E-state index contributed by atoms with van der Waals surface area (Å²) in [5.74, 6) is 0.220. The smallest absolute Gasteiger partial charge is 0.180 e. The van der Waals surface area contributed by atoms with Crippen LogP contribution < -0.4 is 0 Å². The van der Waals surface area contributed by atoms with Gasteiger partial charge in [-0.1, -0.05) is 18.2 Å². The molecule has 0 saturated carbocycles. The van der Waals surface area contributed by atoms with Gasteiger partial charge in [0.1, 0.15) is 0 Å². The Bertz CT molecular complexity index is 504. The minimum atomic E-state index is -3.17. The molecule has 0 bridgehead atoms. The number of sulfone groups is 1. The van der Waals surface area contributed by atoms with Crippen molar-refractivity contribution in [3.05, 3.63) is 29.8 Å². The number of likely N-dealkylation sites (tertiary alicyclic amines) is 1. The molecule has 0 aliphatic carbocycles. The van der Waals surface area contributed by atoms with Crippen LogP contribution in [0.3, 0.4) is 0 Å². The summed E-state index contributed by atoms with van der Waals surface area (Å²) in [5.41, 5.74) is 0.839. The van der Waals surface area contributed by atoms with Gasteiger partial charge < -0.3 is 0 Å². The van der Waals surface area contributed by atoms with E-state index in [1.54, 1.807) is 12.1 Å². The fourth-order valence-electron chi connectivity index (χ4n) is 2.60. The average Bonchev–Trinajstić information content (AvgIpc) is 2.82. The molecule has 1 saturated heterocycles. The highest BCUT2D eigenvalue weighted by Crippen LogP contribution is 2.19. The Morgan fingerprint density at radius 1 is 1.22 bits per heavy atom. The fourth-order valence-corrected chi connectivity index (χ4v) is 4.47. The summed E-state index contributed by atoms with van der Waals surface area (Å²) >= 11 is 0. The van der Waals surface area contributed by atoms with Crippen molar-refractivity contribution in [1.82, 2.24) is 4.90 Å². The number of nitrogens with zero attached hydrogens (tertiary/aromatic N) is 1. The Labute approximate surface area is 110 Å². The zero-order chi connectivity index (χ0) is 13.2. The van der Waals surface area contributed by atoms with Crippen LogP contribution in [-0.2, 0) is 9.84 Å². The first kappa shape index (κ1) is 13.6. The molecule has 1 fully saturated rings. The number of rotatable bonds is 4. The van der Waals surface area contributed by atoms with E-state index in [0.29, 0.717) is 4.90 Å². The number of aryl methyl sites for hydroxylation is 1. The first-order valence-corrected chi connectivity index (χ1v) is 8.18. The zero-order valence-electron chi connectivity index (χ0n) is 11.1. The molecule has 100 valence electrons. The van der Waals surface area contributed by atoms with E-state index in [0.717, 1.165) is 18.7 Å². The second kappa shape index (κ2) is 5.41. The van der Waals surface area contributed by atoms with Gasteiger partial charge in [-0.2, -0.15) is 0 Å². The van der Waals surface area contributed by atoms with Crippen molar-refractivity contribution in [3.63, 3.8) is 0 Å². The molecule has 1 aliphatic heterocycles. The van der Waals surface area contributed by atoms with E-state index in [-0.39, 0.29) is 11.8 Å². The van der Waals surface area contributed by atoms with Gasteiger partial charge in [0.05, 0.1) is 10.6 Å². The largest absolute Gasteiger partial charge is 0.300 e. The summed E-state index contributed by atoms with van der Waals surface area (Å²) in [6.07, 6.45) is 2.38. The van der Waals surface area contributed by atoms with E-state index in [1.165, 1.54) is 12.8 Å². The lowest BCUT2D eigenvalue weighted by atomic mass is 10.2. The third kappa shape index (κ3) is 2.93. The molecule has 4 heteroatoms. The highest BCUT2D eigenvalue weighted by molar-refractivity contribution is 7.91. The SMILES string of the molecule is Cc1ccccc1S(=O)(=O)CC(C)N1CCCC1. The van der Waals surface area contributed by atoms with Crippen LogP contribution in [-0.4, -0.2) is 38.2 Å². The minimum Gasteiger partial charge on any atom is -0.300 e. The average molecular weight is 267 g/mol. The van der Waals surface area contributed by atoms with Crippen molar-refractivity contribution in [2.45, 2.75) is 37.6 Å². The molecular formula is C14H21NO2S. The molecule has 1 aromatic rings. The standard InChI is InChI=1S/C14H21NO2S/c1-12-7-3-4-8-14(12)18(16,17)11-13(2)15-9-5-6-10-15/h3-4,7-8,13H,5-6,9-11H2,1-2H3. The molecule has 0 aromatic heterocycles. The maximum Gasteiger partial charge on any atom is 0.180 e. The van der Waals surface area contributed by atoms with Gasteiger partial charge in [-0.25, -0.2) is 8.42 Å². The van der Waals surface area contributed by atoms with Gasteiger partial charge in [0.15, 0.2) is 9.84 Å². The van der Waals surface area contributed by atoms with Crippen molar-refractivity contribution in [2.75, 3.05) is 18.8 Å². The van der Waals surface area contributed by atoms with Gasteiger partial charge in [0, 0.05) is 6.04 Å². The predicted molar refractivity (Wildman–Crippen MR) is 73.5 cm³/mol. The predicted octanol–water partition coefficient (Wildman–Crippen LogP) is 2.25. The molecule has 18 heavy (non-hydrogen) atoms. The quantitative estimate of drug-likeness (QED) is 0.839. The van der Waals surface area contributed by atoms with E-state index in [9.17, 15) is 8.42 Å². The molecule has 0 amide bonds. The monoisotopic (exact) mass is 267 g/mol. The molecule has 1 heterocycles. The zero-order valence-corrected chi connectivity index (χ0v) is 11.9. The third-order valence-electron chi connectivity index (χ3n) is 3.65. The lowest BCUT2D eigenvalue weighted by Gasteiger charge is -2.23. The second-order valence-electron chi connectivity index (χ2n) is 5.14. The maximum atomic E-state index is 12.4. The summed E-state index contributed by atoms with van der Waals surface area (Å²) in [5, 5.41) is 0. The van der Waals surface area contributed by atoms with Crippen LogP contribution in [0, 0.1) is 6.92 Å². The van der Waals surface area contributed by atoms with Gasteiger partial charge >= 0.3 is 0 Å².